The molecule has 1 unspecified atom stereocenters. The topological polar surface area (TPSA) is 69.0 Å². The third-order valence-electron chi connectivity index (χ3n) is 4.07. The van der Waals surface area contributed by atoms with Gasteiger partial charge in [0.1, 0.15) is 0 Å². The smallest absolute Gasteiger partial charge is 0.166 e. The molecule has 1 aromatic rings. The predicted octanol–water partition coefficient (Wildman–Crippen LogP) is 1.32. The summed E-state index contributed by atoms with van der Waals surface area (Å²) in [5.41, 5.74) is 2.58. The number of fused-ring (bicyclic) bond motifs is 1. The summed E-state index contributed by atoms with van der Waals surface area (Å²) in [4.78, 5) is 12.0. The van der Waals surface area contributed by atoms with Crippen molar-refractivity contribution in [3.8, 4) is 0 Å². The minimum Gasteiger partial charge on any atom is -0.294 e. The second-order valence-electron chi connectivity index (χ2n) is 5.40. The van der Waals surface area contributed by atoms with E-state index < -0.39 is 9.84 Å². The van der Waals surface area contributed by atoms with Crippen molar-refractivity contribution in [2.45, 2.75) is 45.1 Å². The lowest BCUT2D eigenvalue weighted by molar-refractivity contribution is 0.0970. The van der Waals surface area contributed by atoms with Crippen LogP contribution in [0.5, 0.6) is 0 Å². The van der Waals surface area contributed by atoms with Gasteiger partial charge in [-0.2, -0.15) is 5.10 Å². The second-order valence-corrected chi connectivity index (χ2v) is 7.63. The summed E-state index contributed by atoms with van der Waals surface area (Å²) >= 11 is 0. The molecule has 1 saturated heterocycles. The van der Waals surface area contributed by atoms with Gasteiger partial charge >= 0.3 is 0 Å². The summed E-state index contributed by atoms with van der Waals surface area (Å²) in [6, 6.07) is -0.0788. The lowest BCUT2D eigenvalue weighted by Crippen LogP contribution is -2.18. The van der Waals surface area contributed by atoms with E-state index in [4.69, 9.17) is 0 Å². The SMILES string of the molecule is CCc1nn(C2CCS(=O)(=O)C2)c2c1C(=O)CCC2. The van der Waals surface area contributed by atoms with Crippen molar-refractivity contribution in [1.82, 2.24) is 9.78 Å². The Kier molecular flexibility index (Phi) is 3.00. The fourth-order valence-corrected chi connectivity index (χ4v) is 4.83. The average Bonchev–Trinajstić information content (AvgIpc) is 2.90. The molecule has 0 radical (unpaired) electrons. The zero-order valence-corrected chi connectivity index (χ0v) is 11.9. The molecule has 1 atom stereocenters. The van der Waals surface area contributed by atoms with E-state index >= 15 is 0 Å². The Bertz CT molecular complexity index is 631. The molecule has 5 nitrogen and oxygen atoms in total. The molecule has 0 aromatic carbocycles. The number of carbonyl (C=O) groups excluding carboxylic acids is 1. The van der Waals surface area contributed by atoms with E-state index in [1.54, 1.807) is 0 Å². The number of ketones is 1. The van der Waals surface area contributed by atoms with E-state index in [1.807, 2.05) is 11.6 Å². The highest BCUT2D eigenvalue weighted by Crippen LogP contribution is 2.31. The lowest BCUT2D eigenvalue weighted by Gasteiger charge is -2.16. The van der Waals surface area contributed by atoms with E-state index in [-0.39, 0.29) is 23.3 Å². The number of aromatic nitrogens is 2. The van der Waals surface area contributed by atoms with Crippen LogP contribution < -0.4 is 0 Å². The maximum atomic E-state index is 12.0. The standard InChI is InChI=1S/C13H18N2O3S/c1-2-10-13-11(4-3-5-12(13)16)15(14-10)9-6-7-19(17,18)8-9/h9H,2-8H2,1H3. The second kappa shape index (κ2) is 4.44. The number of hydrogen-bond donors (Lipinski definition) is 0. The third kappa shape index (κ3) is 2.12. The largest absolute Gasteiger partial charge is 0.294 e. The van der Waals surface area contributed by atoms with Crippen molar-refractivity contribution in [1.29, 1.82) is 0 Å². The molecule has 1 aliphatic heterocycles. The first-order valence-electron chi connectivity index (χ1n) is 6.85. The van der Waals surface area contributed by atoms with Crippen molar-refractivity contribution in [2.75, 3.05) is 11.5 Å². The predicted molar refractivity (Wildman–Crippen MR) is 71.2 cm³/mol. The van der Waals surface area contributed by atoms with E-state index in [9.17, 15) is 13.2 Å². The summed E-state index contributed by atoms with van der Waals surface area (Å²) in [6.07, 6.45) is 3.62. The van der Waals surface area contributed by atoms with Gasteiger partial charge in [0.2, 0.25) is 0 Å². The Morgan fingerprint density at radius 1 is 1.37 bits per heavy atom. The Morgan fingerprint density at radius 3 is 2.79 bits per heavy atom. The zero-order valence-electron chi connectivity index (χ0n) is 11.1. The maximum Gasteiger partial charge on any atom is 0.166 e. The minimum atomic E-state index is -2.93. The van der Waals surface area contributed by atoms with E-state index in [0.717, 1.165) is 36.2 Å². The van der Waals surface area contributed by atoms with Crippen molar-refractivity contribution < 1.29 is 13.2 Å². The van der Waals surface area contributed by atoms with Crippen LogP contribution in [-0.2, 0) is 22.7 Å². The highest BCUT2D eigenvalue weighted by atomic mass is 32.2. The normalized spacial score (nSPS) is 25.5. The monoisotopic (exact) mass is 282 g/mol. The Hall–Kier alpha value is -1.17. The van der Waals surface area contributed by atoms with Crippen LogP contribution in [0, 0.1) is 0 Å². The zero-order chi connectivity index (χ0) is 13.6. The molecular weight excluding hydrogens is 264 g/mol. The van der Waals surface area contributed by atoms with E-state index in [1.165, 1.54) is 0 Å². The third-order valence-corrected chi connectivity index (χ3v) is 5.82. The summed E-state index contributed by atoms with van der Waals surface area (Å²) < 4.78 is 25.1. The summed E-state index contributed by atoms with van der Waals surface area (Å²) in [7, 11) is -2.93. The van der Waals surface area contributed by atoms with Gasteiger partial charge in [-0.15, -0.1) is 0 Å². The number of rotatable bonds is 2. The molecule has 19 heavy (non-hydrogen) atoms. The van der Waals surface area contributed by atoms with Crippen LogP contribution >= 0.6 is 0 Å². The number of hydrogen-bond acceptors (Lipinski definition) is 4. The van der Waals surface area contributed by atoms with Gasteiger partial charge in [-0.1, -0.05) is 6.92 Å². The molecule has 1 aromatic heterocycles. The van der Waals surface area contributed by atoms with Crippen LogP contribution in [0.15, 0.2) is 0 Å². The molecule has 2 aliphatic rings. The summed E-state index contributed by atoms with van der Waals surface area (Å²) in [5, 5.41) is 4.54. The molecule has 1 aliphatic carbocycles. The van der Waals surface area contributed by atoms with Crippen LogP contribution in [0.2, 0.25) is 0 Å². The van der Waals surface area contributed by atoms with Crippen molar-refractivity contribution in [3.05, 3.63) is 17.0 Å². The number of aryl methyl sites for hydroxylation is 1. The van der Waals surface area contributed by atoms with Crippen LogP contribution in [0.3, 0.4) is 0 Å². The number of sulfone groups is 1. The van der Waals surface area contributed by atoms with E-state index in [2.05, 4.69) is 5.10 Å². The van der Waals surface area contributed by atoms with E-state index in [0.29, 0.717) is 12.8 Å². The Balaban J connectivity index is 2.06. The Morgan fingerprint density at radius 2 is 2.16 bits per heavy atom. The van der Waals surface area contributed by atoms with Gasteiger partial charge in [-0.05, 0) is 25.7 Å². The molecule has 0 N–H and O–H groups in total. The van der Waals surface area contributed by atoms with Crippen molar-refractivity contribution >= 4 is 15.6 Å². The number of Topliss-reactive ketones (excluding diaryl/α,β-unsaturated/α-hetero) is 1. The van der Waals surface area contributed by atoms with Gasteiger partial charge in [0.05, 0.1) is 28.8 Å². The molecule has 0 amide bonds. The molecule has 2 heterocycles. The Labute approximate surface area is 112 Å². The summed E-state index contributed by atoms with van der Waals surface area (Å²) in [6.45, 7) is 1.99. The first-order chi connectivity index (χ1) is 9.02. The van der Waals surface area contributed by atoms with Crippen LogP contribution in [0.1, 0.15) is 54.0 Å². The molecule has 1 fully saturated rings. The number of nitrogens with zero attached hydrogens (tertiary/aromatic N) is 2. The van der Waals surface area contributed by atoms with Crippen molar-refractivity contribution in [2.24, 2.45) is 0 Å². The highest BCUT2D eigenvalue weighted by molar-refractivity contribution is 7.91. The van der Waals surface area contributed by atoms with Crippen molar-refractivity contribution in [3.63, 3.8) is 0 Å². The van der Waals surface area contributed by atoms with Crippen LogP contribution in [-0.4, -0.2) is 35.5 Å². The van der Waals surface area contributed by atoms with Crippen LogP contribution in [0.4, 0.5) is 0 Å². The first-order valence-corrected chi connectivity index (χ1v) is 8.68. The van der Waals surface area contributed by atoms with Gasteiger partial charge in [-0.25, -0.2) is 8.42 Å². The van der Waals surface area contributed by atoms with Gasteiger partial charge in [0.25, 0.3) is 0 Å². The molecule has 6 heteroatoms. The molecule has 0 bridgehead atoms. The fraction of sp³-hybridized carbons (Fsp3) is 0.692. The molecule has 0 saturated carbocycles. The summed E-state index contributed by atoms with van der Waals surface area (Å²) in [5.74, 6) is 0.574. The van der Waals surface area contributed by atoms with Gasteiger partial charge in [-0.3, -0.25) is 9.48 Å². The lowest BCUT2D eigenvalue weighted by atomic mass is 9.93. The average molecular weight is 282 g/mol. The van der Waals surface area contributed by atoms with Gasteiger partial charge < -0.3 is 0 Å². The number of carbonyl (C=O) groups is 1. The molecule has 0 spiro atoms. The quantitative estimate of drug-likeness (QED) is 0.820. The molecule has 3 rings (SSSR count). The van der Waals surface area contributed by atoms with Crippen LogP contribution in [0.25, 0.3) is 0 Å². The fourth-order valence-electron chi connectivity index (χ4n) is 3.14. The molecule has 104 valence electrons. The first kappa shape index (κ1) is 12.8. The molecular formula is C13H18N2O3S. The highest BCUT2D eigenvalue weighted by Gasteiger charge is 2.34. The maximum absolute atomic E-state index is 12.0. The van der Waals surface area contributed by atoms with Gasteiger partial charge in [0, 0.05) is 12.1 Å². The minimum absolute atomic E-state index is 0.0788. The van der Waals surface area contributed by atoms with Gasteiger partial charge in [0.15, 0.2) is 15.6 Å².